The predicted octanol–water partition coefficient (Wildman–Crippen LogP) is 4.53. The lowest BCUT2D eigenvalue weighted by atomic mass is 10.1. The summed E-state index contributed by atoms with van der Waals surface area (Å²) in [6.07, 6.45) is 0. The maximum Gasteiger partial charge on any atom is 0.128 e. The molecule has 2 aromatic carbocycles. The summed E-state index contributed by atoms with van der Waals surface area (Å²) in [7, 11) is 0. The van der Waals surface area contributed by atoms with Gasteiger partial charge >= 0.3 is 0 Å². The SMILES string of the molecule is OCC(Nc1ccc(Cl)c(Br)c1)c1cc(F)ccc1F. The highest BCUT2D eigenvalue weighted by Crippen LogP contribution is 2.28. The summed E-state index contributed by atoms with van der Waals surface area (Å²) in [6, 6.07) is 7.42. The van der Waals surface area contributed by atoms with E-state index < -0.39 is 17.7 Å². The van der Waals surface area contributed by atoms with E-state index in [1.165, 1.54) is 0 Å². The van der Waals surface area contributed by atoms with Gasteiger partial charge in [-0.3, -0.25) is 0 Å². The predicted molar refractivity (Wildman–Crippen MR) is 79.0 cm³/mol. The third-order valence-electron chi connectivity index (χ3n) is 2.78. The van der Waals surface area contributed by atoms with Crippen LogP contribution in [0.2, 0.25) is 5.02 Å². The Morgan fingerprint density at radius 1 is 1.20 bits per heavy atom. The first-order chi connectivity index (χ1) is 9.51. The average Bonchev–Trinajstić information content (AvgIpc) is 2.43. The van der Waals surface area contributed by atoms with Gasteiger partial charge in [0.05, 0.1) is 17.7 Å². The van der Waals surface area contributed by atoms with Crippen molar-refractivity contribution < 1.29 is 13.9 Å². The highest BCUT2D eigenvalue weighted by atomic mass is 79.9. The number of hydrogen-bond donors (Lipinski definition) is 2. The molecule has 0 aliphatic heterocycles. The quantitative estimate of drug-likeness (QED) is 0.838. The van der Waals surface area contributed by atoms with Crippen molar-refractivity contribution in [1.82, 2.24) is 0 Å². The van der Waals surface area contributed by atoms with Crippen molar-refractivity contribution in [2.45, 2.75) is 6.04 Å². The van der Waals surface area contributed by atoms with E-state index in [1.807, 2.05) is 0 Å². The fourth-order valence-electron chi connectivity index (χ4n) is 1.79. The van der Waals surface area contributed by atoms with Crippen LogP contribution in [0.3, 0.4) is 0 Å². The van der Waals surface area contributed by atoms with Gasteiger partial charge in [-0.15, -0.1) is 0 Å². The lowest BCUT2D eigenvalue weighted by Gasteiger charge is -2.19. The molecule has 0 fully saturated rings. The number of hydrogen-bond acceptors (Lipinski definition) is 2. The Balaban J connectivity index is 2.28. The Bertz CT molecular complexity index is 624. The molecule has 0 aliphatic rings. The molecule has 2 nitrogen and oxygen atoms in total. The summed E-state index contributed by atoms with van der Waals surface area (Å²) in [5, 5.41) is 12.9. The van der Waals surface area contributed by atoms with Crippen LogP contribution >= 0.6 is 27.5 Å². The summed E-state index contributed by atoms with van der Waals surface area (Å²) in [6.45, 7) is -0.374. The normalized spacial score (nSPS) is 12.2. The first-order valence-corrected chi connectivity index (χ1v) is 6.95. The standard InChI is InChI=1S/C14H11BrClF2NO/c15-11-6-9(2-3-12(11)16)19-14(7-20)10-5-8(17)1-4-13(10)18/h1-6,14,19-20H,7H2. The van der Waals surface area contributed by atoms with Crippen molar-refractivity contribution in [2.75, 3.05) is 11.9 Å². The van der Waals surface area contributed by atoms with Gasteiger partial charge in [0.2, 0.25) is 0 Å². The third-order valence-corrected chi connectivity index (χ3v) is 3.99. The van der Waals surface area contributed by atoms with Crippen molar-refractivity contribution in [3.05, 3.63) is 63.1 Å². The molecular weight excluding hydrogens is 352 g/mol. The molecule has 1 unspecified atom stereocenters. The van der Waals surface area contributed by atoms with Crippen LogP contribution in [0.25, 0.3) is 0 Å². The second-order valence-corrected chi connectivity index (χ2v) is 5.44. The molecule has 0 spiro atoms. The minimum atomic E-state index is -0.751. The number of rotatable bonds is 4. The van der Waals surface area contributed by atoms with Gasteiger partial charge in [-0.25, -0.2) is 8.78 Å². The zero-order valence-corrected chi connectivity index (χ0v) is 12.5. The van der Waals surface area contributed by atoms with Gasteiger partial charge in [0.1, 0.15) is 11.6 Å². The summed E-state index contributed by atoms with van der Waals surface area (Å²) < 4.78 is 27.6. The first kappa shape index (κ1) is 15.2. The van der Waals surface area contributed by atoms with Gasteiger partial charge in [-0.2, -0.15) is 0 Å². The minimum absolute atomic E-state index is 0.0681. The van der Waals surface area contributed by atoms with E-state index in [-0.39, 0.29) is 12.2 Å². The molecule has 2 rings (SSSR count). The monoisotopic (exact) mass is 361 g/mol. The molecule has 2 N–H and O–H groups in total. The smallest absolute Gasteiger partial charge is 0.128 e. The lowest BCUT2D eigenvalue weighted by molar-refractivity contribution is 0.273. The van der Waals surface area contributed by atoms with E-state index in [9.17, 15) is 13.9 Å². The highest BCUT2D eigenvalue weighted by Gasteiger charge is 2.16. The van der Waals surface area contributed by atoms with Crippen LogP contribution in [-0.2, 0) is 0 Å². The minimum Gasteiger partial charge on any atom is -0.394 e. The second kappa shape index (κ2) is 6.52. The molecule has 2 aromatic rings. The Labute approximate surface area is 128 Å². The Kier molecular flexibility index (Phi) is 4.96. The maximum absolute atomic E-state index is 13.7. The molecule has 0 radical (unpaired) electrons. The van der Waals surface area contributed by atoms with E-state index in [0.717, 1.165) is 18.2 Å². The molecule has 0 aromatic heterocycles. The van der Waals surface area contributed by atoms with Crippen LogP contribution in [0, 0.1) is 11.6 Å². The molecule has 1 atom stereocenters. The molecule has 0 saturated heterocycles. The molecule has 0 heterocycles. The number of anilines is 1. The molecule has 0 amide bonds. The van der Waals surface area contributed by atoms with Crippen LogP contribution in [0.1, 0.15) is 11.6 Å². The average molecular weight is 363 g/mol. The topological polar surface area (TPSA) is 32.3 Å². The van der Waals surface area contributed by atoms with Crippen LogP contribution in [0.4, 0.5) is 14.5 Å². The molecule has 20 heavy (non-hydrogen) atoms. The lowest BCUT2D eigenvalue weighted by Crippen LogP contribution is -2.16. The van der Waals surface area contributed by atoms with E-state index in [1.54, 1.807) is 18.2 Å². The third kappa shape index (κ3) is 3.48. The van der Waals surface area contributed by atoms with Gasteiger partial charge in [-0.05, 0) is 52.3 Å². The Morgan fingerprint density at radius 2 is 1.95 bits per heavy atom. The molecule has 0 bridgehead atoms. The summed E-state index contributed by atoms with van der Waals surface area (Å²) in [4.78, 5) is 0. The fourth-order valence-corrected chi connectivity index (χ4v) is 2.29. The fraction of sp³-hybridized carbons (Fsp3) is 0.143. The van der Waals surface area contributed by atoms with Gasteiger partial charge in [0, 0.05) is 15.7 Å². The summed E-state index contributed by atoms with van der Waals surface area (Å²) in [5.41, 5.74) is 0.697. The highest BCUT2D eigenvalue weighted by molar-refractivity contribution is 9.10. The second-order valence-electron chi connectivity index (χ2n) is 4.17. The Hall–Kier alpha value is -1.17. The van der Waals surface area contributed by atoms with Gasteiger partial charge in [0.15, 0.2) is 0 Å². The van der Waals surface area contributed by atoms with Crippen LogP contribution < -0.4 is 5.32 Å². The van der Waals surface area contributed by atoms with Gasteiger partial charge in [-0.1, -0.05) is 11.6 Å². The zero-order valence-electron chi connectivity index (χ0n) is 10.2. The first-order valence-electron chi connectivity index (χ1n) is 5.78. The van der Waals surface area contributed by atoms with Crippen LogP contribution in [0.5, 0.6) is 0 Å². The molecule has 6 heteroatoms. The molecule has 106 valence electrons. The van der Waals surface area contributed by atoms with Crippen molar-refractivity contribution in [1.29, 1.82) is 0 Å². The summed E-state index contributed by atoms with van der Waals surface area (Å²) >= 11 is 9.15. The number of aliphatic hydroxyl groups is 1. The van der Waals surface area contributed by atoms with Crippen molar-refractivity contribution in [3.8, 4) is 0 Å². The van der Waals surface area contributed by atoms with Crippen molar-refractivity contribution in [3.63, 3.8) is 0 Å². The molecule has 0 aliphatic carbocycles. The number of aliphatic hydroxyl groups excluding tert-OH is 1. The van der Waals surface area contributed by atoms with Gasteiger partial charge < -0.3 is 10.4 Å². The van der Waals surface area contributed by atoms with Crippen LogP contribution in [0.15, 0.2) is 40.9 Å². The molecular formula is C14H11BrClF2NO. The number of benzene rings is 2. The van der Waals surface area contributed by atoms with E-state index >= 15 is 0 Å². The van der Waals surface area contributed by atoms with Gasteiger partial charge in [0.25, 0.3) is 0 Å². The largest absolute Gasteiger partial charge is 0.394 e. The van der Waals surface area contributed by atoms with E-state index in [2.05, 4.69) is 21.2 Å². The molecule has 0 saturated carbocycles. The number of nitrogens with one attached hydrogen (secondary N) is 1. The summed E-state index contributed by atoms with van der Waals surface area (Å²) in [5.74, 6) is -1.13. The van der Waals surface area contributed by atoms with E-state index in [0.29, 0.717) is 15.2 Å². The van der Waals surface area contributed by atoms with Crippen molar-refractivity contribution >= 4 is 33.2 Å². The maximum atomic E-state index is 13.7. The van der Waals surface area contributed by atoms with Crippen LogP contribution in [-0.4, -0.2) is 11.7 Å². The van der Waals surface area contributed by atoms with Crippen molar-refractivity contribution in [2.24, 2.45) is 0 Å². The number of halogens is 4. The zero-order chi connectivity index (χ0) is 14.7. The Morgan fingerprint density at radius 3 is 2.60 bits per heavy atom. The van der Waals surface area contributed by atoms with E-state index in [4.69, 9.17) is 11.6 Å².